The summed E-state index contributed by atoms with van der Waals surface area (Å²) in [6.45, 7) is 3.95. The van der Waals surface area contributed by atoms with Crippen LogP contribution < -0.4 is 4.90 Å². The Hall–Kier alpha value is -2.66. The molecule has 0 spiro atoms. The van der Waals surface area contributed by atoms with Crippen LogP contribution in [0, 0.1) is 5.92 Å². The summed E-state index contributed by atoms with van der Waals surface area (Å²) >= 11 is 0. The van der Waals surface area contributed by atoms with Crippen molar-refractivity contribution in [2.24, 2.45) is 5.92 Å². The van der Waals surface area contributed by atoms with E-state index in [0.29, 0.717) is 18.7 Å². The topological polar surface area (TPSA) is 90.8 Å². The van der Waals surface area contributed by atoms with Gasteiger partial charge in [-0.3, -0.25) is 4.79 Å². The van der Waals surface area contributed by atoms with Crippen LogP contribution in [0.25, 0.3) is 0 Å². The Balaban J connectivity index is 1.53. The molecule has 0 unspecified atom stereocenters. The predicted octanol–water partition coefficient (Wildman–Crippen LogP) is 3.19. The number of carboxylic acids is 1. The van der Waals surface area contributed by atoms with Gasteiger partial charge in [0.2, 0.25) is 10.0 Å². The third-order valence-electron chi connectivity index (χ3n) is 6.36. The van der Waals surface area contributed by atoms with E-state index in [9.17, 15) is 31.5 Å². The molecule has 1 aromatic carbocycles. The molecule has 4 rings (SSSR count). The van der Waals surface area contributed by atoms with E-state index in [4.69, 9.17) is 0 Å². The van der Waals surface area contributed by atoms with Gasteiger partial charge in [0.25, 0.3) is 0 Å². The molecule has 2 heterocycles. The maximum Gasteiger partial charge on any atom is 0.417 e. The number of hydrogen-bond acceptors (Lipinski definition) is 5. The van der Waals surface area contributed by atoms with E-state index in [-0.39, 0.29) is 24.0 Å². The lowest BCUT2D eigenvalue weighted by Crippen LogP contribution is -2.58. The molecule has 0 bridgehead atoms. The van der Waals surface area contributed by atoms with E-state index in [1.807, 2.05) is 0 Å². The Labute approximate surface area is 189 Å². The largest absolute Gasteiger partial charge is 0.481 e. The zero-order valence-corrected chi connectivity index (χ0v) is 18.9. The molecule has 1 aliphatic heterocycles. The molecule has 1 aromatic heterocycles. The van der Waals surface area contributed by atoms with Crippen molar-refractivity contribution in [1.29, 1.82) is 0 Å². The fraction of sp³-hybridized carbons (Fsp3) is 0.455. The van der Waals surface area contributed by atoms with Gasteiger partial charge in [-0.1, -0.05) is 6.07 Å². The highest BCUT2D eigenvalue weighted by Crippen LogP contribution is 2.33. The number of aromatic nitrogens is 1. The molecular formula is C22H24F3N3O4S. The first-order chi connectivity index (χ1) is 15.4. The summed E-state index contributed by atoms with van der Waals surface area (Å²) in [5.74, 6) is -1.08. The van der Waals surface area contributed by atoms with E-state index < -0.39 is 39.7 Å². The van der Waals surface area contributed by atoms with E-state index in [2.05, 4.69) is 4.98 Å². The average Bonchev–Trinajstić information content (AvgIpc) is 3.18. The normalized spacial score (nSPS) is 24.0. The lowest BCUT2D eigenvalue weighted by atomic mass is 10.1. The van der Waals surface area contributed by atoms with Crippen molar-refractivity contribution in [2.45, 2.75) is 49.8 Å². The van der Waals surface area contributed by atoms with Crippen LogP contribution in [0.15, 0.2) is 41.4 Å². The lowest BCUT2D eigenvalue weighted by molar-refractivity contribution is -0.141. The van der Waals surface area contributed by atoms with Crippen LogP contribution in [0.3, 0.4) is 0 Å². The number of carbonyl (C=O) groups is 1. The number of benzene rings is 1. The van der Waals surface area contributed by atoms with Crippen LogP contribution in [0.5, 0.6) is 0 Å². The summed E-state index contributed by atoms with van der Waals surface area (Å²) in [4.78, 5) is 17.2. The van der Waals surface area contributed by atoms with Crippen LogP contribution in [-0.2, 0) is 33.8 Å². The maximum atomic E-state index is 13.4. The zero-order chi connectivity index (χ0) is 24.1. The molecule has 7 nitrogen and oxygen atoms in total. The monoisotopic (exact) mass is 483 g/mol. The second-order valence-electron chi connectivity index (χ2n) is 8.70. The van der Waals surface area contributed by atoms with Gasteiger partial charge in [0, 0.05) is 31.4 Å². The summed E-state index contributed by atoms with van der Waals surface area (Å²) in [5, 5.41) is 9.26. The van der Waals surface area contributed by atoms with Crippen LogP contribution in [0.2, 0.25) is 0 Å². The molecule has 11 heteroatoms. The molecule has 3 atom stereocenters. The smallest absolute Gasteiger partial charge is 0.417 e. The summed E-state index contributed by atoms with van der Waals surface area (Å²) in [6, 6.07) is 6.27. The highest BCUT2D eigenvalue weighted by atomic mass is 32.2. The summed E-state index contributed by atoms with van der Waals surface area (Å²) < 4.78 is 66.7. The number of halogens is 3. The maximum absolute atomic E-state index is 13.4. The first kappa shape index (κ1) is 23.5. The van der Waals surface area contributed by atoms with Gasteiger partial charge in [0.05, 0.1) is 16.4 Å². The van der Waals surface area contributed by atoms with Gasteiger partial charge in [0.1, 0.15) is 5.82 Å². The van der Waals surface area contributed by atoms with Crippen molar-refractivity contribution < 1.29 is 31.5 Å². The fourth-order valence-corrected chi connectivity index (χ4v) is 6.29. The molecule has 1 saturated heterocycles. The number of pyridine rings is 1. The molecule has 178 valence electrons. The Morgan fingerprint density at radius 3 is 2.36 bits per heavy atom. The number of anilines is 1. The van der Waals surface area contributed by atoms with Crippen LogP contribution in [0.1, 0.15) is 30.5 Å². The van der Waals surface area contributed by atoms with Crippen molar-refractivity contribution in [2.75, 3.05) is 18.0 Å². The minimum Gasteiger partial charge on any atom is -0.481 e. The SMILES string of the molecule is C[C@@H]1CN(c2ccc(C(F)(F)F)cn2)[C@@H](C)CN1S(=O)(=O)c1ccc2c(c1)C[C@@H](C(=O)O)C2. The highest BCUT2D eigenvalue weighted by molar-refractivity contribution is 7.89. The Morgan fingerprint density at radius 2 is 1.76 bits per heavy atom. The van der Waals surface area contributed by atoms with E-state index in [1.165, 1.54) is 16.4 Å². The first-order valence-corrected chi connectivity index (χ1v) is 12.0. The average molecular weight is 484 g/mol. The zero-order valence-electron chi connectivity index (χ0n) is 18.1. The van der Waals surface area contributed by atoms with Crippen LogP contribution in [-0.4, -0.2) is 54.0 Å². The van der Waals surface area contributed by atoms with Crippen molar-refractivity contribution >= 4 is 21.8 Å². The summed E-state index contributed by atoms with van der Waals surface area (Å²) in [7, 11) is -3.85. The molecular weight excluding hydrogens is 459 g/mol. The molecule has 1 fully saturated rings. The van der Waals surface area contributed by atoms with Gasteiger partial charge in [-0.2, -0.15) is 17.5 Å². The number of nitrogens with zero attached hydrogens (tertiary/aromatic N) is 3. The molecule has 0 saturated carbocycles. The molecule has 1 aliphatic carbocycles. The van der Waals surface area contributed by atoms with Gasteiger partial charge in [-0.25, -0.2) is 13.4 Å². The Morgan fingerprint density at radius 1 is 1.06 bits per heavy atom. The number of sulfonamides is 1. The molecule has 2 aromatic rings. The fourth-order valence-electron chi connectivity index (χ4n) is 4.54. The molecule has 1 N–H and O–H groups in total. The van der Waals surface area contributed by atoms with Gasteiger partial charge in [0.15, 0.2) is 0 Å². The Bertz CT molecular complexity index is 1170. The standard InChI is InChI=1S/C22H24F3N3O4S/c1-13-12-28(14(2)11-27(13)20-6-4-18(10-26-20)22(23,24)25)33(31,32)19-5-3-15-7-17(21(29)30)8-16(15)9-19/h3-6,9-10,13-14,17H,7-8,11-12H2,1-2H3,(H,29,30)/t13-,14+,17-/m0/s1. The Kier molecular flexibility index (Phi) is 5.90. The van der Waals surface area contributed by atoms with E-state index in [1.54, 1.807) is 30.9 Å². The lowest BCUT2D eigenvalue weighted by Gasteiger charge is -2.43. The number of piperazine rings is 1. The molecule has 2 aliphatic rings. The number of aliphatic carboxylic acids is 1. The molecule has 0 radical (unpaired) electrons. The third kappa shape index (κ3) is 4.43. The first-order valence-electron chi connectivity index (χ1n) is 10.5. The minimum atomic E-state index is -4.47. The quantitative estimate of drug-likeness (QED) is 0.719. The predicted molar refractivity (Wildman–Crippen MR) is 114 cm³/mol. The third-order valence-corrected chi connectivity index (χ3v) is 8.34. The van der Waals surface area contributed by atoms with Crippen LogP contribution >= 0.6 is 0 Å². The second kappa shape index (κ2) is 8.28. The number of hydrogen-bond donors (Lipinski definition) is 1. The summed E-state index contributed by atoms with van der Waals surface area (Å²) in [6.07, 6.45) is -3.01. The second-order valence-corrected chi connectivity index (χ2v) is 10.6. The van der Waals surface area contributed by atoms with Crippen LogP contribution in [0.4, 0.5) is 19.0 Å². The molecule has 33 heavy (non-hydrogen) atoms. The van der Waals surface area contributed by atoms with Gasteiger partial charge < -0.3 is 10.0 Å². The number of carboxylic acid groups (broad SMARTS) is 1. The van der Waals surface area contributed by atoms with Crippen molar-refractivity contribution in [3.63, 3.8) is 0 Å². The number of fused-ring (bicyclic) bond motifs is 1. The molecule has 0 amide bonds. The highest BCUT2D eigenvalue weighted by Gasteiger charge is 2.39. The van der Waals surface area contributed by atoms with Crippen molar-refractivity contribution in [1.82, 2.24) is 9.29 Å². The summed E-state index contributed by atoms with van der Waals surface area (Å²) in [5.41, 5.74) is 0.743. The van der Waals surface area contributed by atoms with Gasteiger partial charge >= 0.3 is 12.1 Å². The van der Waals surface area contributed by atoms with Crippen molar-refractivity contribution in [3.8, 4) is 0 Å². The van der Waals surface area contributed by atoms with Crippen molar-refractivity contribution in [3.05, 3.63) is 53.2 Å². The van der Waals surface area contributed by atoms with Gasteiger partial charge in [-0.15, -0.1) is 0 Å². The van der Waals surface area contributed by atoms with Gasteiger partial charge in [-0.05, 0) is 62.1 Å². The number of rotatable bonds is 4. The minimum absolute atomic E-state index is 0.118. The number of alkyl halides is 3. The van der Waals surface area contributed by atoms with E-state index in [0.717, 1.165) is 23.4 Å². The van der Waals surface area contributed by atoms with E-state index >= 15 is 0 Å².